The fourth-order valence-corrected chi connectivity index (χ4v) is 4.11. The Labute approximate surface area is 122 Å². The van der Waals surface area contributed by atoms with Gasteiger partial charge in [0, 0.05) is 13.1 Å². The Hall–Kier alpha value is -1.07. The quantitative estimate of drug-likeness (QED) is 0.821. The molecule has 1 aliphatic carbocycles. The third-order valence-electron chi connectivity index (χ3n) is 3.88. The maximum Gasteiger partial charge on any atom is 0.245 e. The van der Waals surface area contributed by atoms with Crippen molar-refractivity contribution in [2.24, 2.45) is 5.92 Å². The number of sulfonamides is 1. The molecule has 5 heteroatoms. The SMILES string of the molecule is CCCN(CC1CC1)S(=O)(=O)c1cc(C)c(C)cc1N. The third-order valence-corrected chi connectivity index (χ3v) is 5.80. The van der Waals surface area contributed by atoms with Gasteiger partial charge in [-0.3, -0.25) is 0 Å². The van der Waals surface area contributed by atoms with Crippen LogP contribution >= 0.6 is 0 Å². The highest BCUT2D eigenvalue weighted by molar-refractivity contribution is 7.89. The number of nitrogens with zero attached hydrogens (tertiary/aromatic N) is 1. The molecule has 4 nitrogen and oxygen atoms in total. The van der Waals surface area contributed by atoms with Crippen LogP contribution in [0.3, 0.4) is 0 Å². The molecule has 1 aliphatic rings. The summed E-state index contributed by atoms with van der Waals surface area (Å²) in [5.41, 5.74) is 8.28. The van der Waals surface area contributed by atoms with Crippen molar-refractivity contribution in [2.45, 2.75) is 44.9 Å². The van der Waals surface area contributed by atoms with Crippen molar-refractivity contribution in [3.05, 3.63) is 23.3 Å². The van der Waals surface area contributed by atoms with Gasteiger partial charge in [-0.05, 0) is 62.3 Å². The Kier molecular flexibility index (Phi) is 4.39. The number of benzene rings is 1. The minimum absolute atomic E-state index is 0.259. The van der Waals surface area contributed by atoms with Gasteiger partial charge in [0.15, 0.2) is 0 Å². The van der Waals surface area contributed by atoms with Gasteiger partial charge >= 0.3 is 0 Å². The summed E-state index contributed by atoms with van der Waals surface area (Å²) in [5.74, 6) is 0.532. The van der Waals surface area contributed by atoms with Crippen LogP contribution in [0.5, 0.6) is 0 Å². The fourth-order valence-electron chi connectivity index (χ4n) is 2.32. The van der Waals surface area contributed by atoms with Gasteiger partial charge in [-0.2, -0.15) is 4.31 Å². The van der Waals surface area contributed by atoms with Gasteiger partial charge in [0.25, 0.3) is 0 Å². The van der Waals surface area contributed by atoms with Crippen molar-refractivity contribution in [3.8, 4) is 0 Å². The maximum absolute atomic E-state index is 12.8. The van der Waals surface area contributed by atoms with Gasteiger partial charge in [0.1, 0.15) is 4.90 Å². The lowest BCUT2D eigenvalue weighted by Crippen LogP contribution is -2.34. The van der Waals surface area contributed by atoms with Gasteiger partial charge in [0.05, 0.1) is 5.69 Å². The zero-order valence-corrected chi connectivity index (χ0v) is 13.3. The van der Waals surface area contributed by atoms with E-state index in [0.717, 1.165) is 30.4 Å². The molecule has 0 saturated heterocycles. The summed E-state index contributed by atoms with van der Waals surface area (Å²) in [6, 6.07) is 3.46. The molecule has 1 aromatic rings. The molecule has 20 heavy (non-hydrogen) atoms. The fraction of sp³-hybridized carbons (Fsp3) is 0.600. The number of anilines is 1. The molecule has 0 aromatic heterocycles. The van der Waals surface area contributed by atoms with Crippen LogP contribution in [0.25, 0.3) is 0 Å². The van der Waals surface area contributed by atoms with E-state index in [9.17, 15) is 8.42 Å². The Morgan fingerprint density at radius 3 is 2.40 bits per heavy atom. The predicted octanol–water partition coefficient (Wildman–Crippen LogP) is 2.70. The van der Waals surface area contributed by atoms with Gasteiger partial charge in [-0.1, -0.05) is 6.92 Å². The molecular weight excluding hydrogens is 272 g/mol. The molecule has 0 unspecified atom stereocenters. The Bertz CT molecular complexity index is 592. The lowest BCUT2D eigenvalue weighted by atomic mass is 10.1. The zero-order chi connectivity index (χ0) is 14.9. The average molecular weight is 296 g/mol. The molecule has 2 rings (SSSR count). The molecule has 1 saturated carbocycles. The molecule has 1 aromatic carbocycles. The van der Waals surface area contributed by atoms with Crippen LogP contribution in [0.4, 0.5) is 5.69 Å². The molecule has 0 bridgehead atoms. The summed E-state index contributed by atoms with van der Waals surface area (Å²) in [7, 11) is -3.48. The van der Waals surface area contributed by atoms with E-state index < -0.39 is 10.0 Å². The highest BCUT2D eigenvalue weighted by Crippen LogP contribution is 2.33. The van der Waals surface area contributed by atoms with Crippen LogP contribution in [0.15, 0.2) is 17.0 Å². The number of hydrogen-bond acceptors (Lipinski definition) is 3. The van der Waals surface area contributed by atoms with Gasteiger partial charge in [-0.15, -0.1) is 0 Å². The first-order valence-corrected chi connectivity index (χ1v) is 8.67. The van der Waals surface area contributed by atoms with Crippen LogP contribution < -0.4 is 5.73 Å². The summed E-state index contributed by atoms with van der Waals surface area (Å²) < 4.78 is 27.2. The highest BCUT2D eigenvalue weighted by atomic mass is 32.2. The van der Waals surface area contributed by atoms with E-state index in [0.29, 0.717) is 24.7 Å². The molecular formula is C15H24N2O2S. The normalized spacial score (nSPS) is 15.8. The van der Waals surface area contributed by atoms with Crippen molar-refractivity contribution in [3.63, 3.8) is 0 Å². The van der Waals surface area contributed by atoms with Crippen molar-refractivity contribution in [1.29, 1.82) is 0 Å². The van der Waals surface area contributed by atoms with E-state index >= 15 is 0 Å². The first kappa shape index (κ1) is 15.3. The van der Waals surface area contributed by atoms with Gasteiger partial charge < -0.3 is 5.73 Å². The second kappa shape index (κ2) is 5.74. The average Bonchev–Trinajstić information content (AvgIpc) is 3.17. The second-order valence-corrected chi connectivity index (χ2v) is 7.69. The van der Waals surface area contributed by atoms with Gasteiger partial charge in [0.2, 0.25) is 10.0 Å². The van der Waals surface area contributed by atoms with Crippen molar-refractivity contribution < 1.29 is 8.42 Å². The Balaban J connectivity index is 2.38. The molecule has 0 aliphatic heterocycles. The zero-order valence-electron chi connectivity index (χ0n) is 12.5. The monoisotopic (exact) mass is 296 g/mol. The van der Waals surface area contributed by atoms with Crippen LogP contribution in [0.2, 0.25) is 0 Å². The number of rotatable bonds is 6. The number of aryl methyl sites for hydroxylation is 2. The van der Waals surface area contributed by atoms with E-state index in [1.165, 1.54) is 0 Å². The summed E-state index contributed by atoms with van der Waals surface area (Å²) in [6.45, 7) is 7.04. The molecule has 0 atom stereocenters. The summed E-state index contributed by atoms with van der Waals surface area (Å²) in [4.78, 5) is 0.259. The van der Waals surface area contributed by atoms with E-state index in [2.05, 4.69) is 0 Å². The van der Waals surface area contributed by atoms with Gasteiger partial charge in [-0.25, -0.2) is 8.42 Å². The van der Waals surface area contributed by atoms with Crippen LogP contribution in [0.1, 0.15) is 37.3 Å². The summed E-state index contributed by atoms with van der Waals surface area (Å²) in [5, 5.41) is 0. The first-order chi connectivity index (χ1) is 9.36. The lowest BCUT2D eigenvalue weighted by Gasteiger charge is -2.23. The largest absolute Gasteiger partial charge is 0.398 e. The number of nitrogens with two attached hydrogens (primary N) is 1. The van der Waals surface area contributed by atoms with Crippen molar-refractivity contribution in [1.82, 2.24) is 4.31 Å². The maximum atomic E-state index is 12.8. The lowest BCUT2D eigenvalue weighted by molar-refractivity contribution is 0.396. The molecule has 112 valence electrons. The third kappa shape index (κ3) is 3.15. The smallest absolute Gasteiger partial charge is 0.245 e. The first-order valence-electron chi connectivity index (χ1n) is 7.23. The molecule has 0 heterocycles. The number of hydrogen-bond donors (Lipinski definition) is 1. The van der Waals surface area contributed by atoms with Crippen LogP contribution in [-0.4, -0.2) is 25.8 Å². The molecule has 0 spiro atoms. The molecule has 0 radical (unpaired) electrons. The van der Waals surface area contributed by atoms with Crippen molar-refractivity contribution >= 4 is 15.7 Å². The second-order valence-electron chi connectivity index (χ2n) is 5.78. The minimum Gasteiger partial charge on any atom is -0.398 e. The van der Waals surface area contributed by atoms with E-state index in [-0.39, 0.29) is 4.90 Å². The predicted molar refractivity (Wildman–Crippen MR) is 82.1 cm³/mol. The standard InChI is InChI=1S/C15H24N2O2S/c1-4-7-17(10-13-5-6-13)20(18,19)15-9-12(3)11(2)8-14(15)16/h8-9,13H,4-7,10,16H2,1-3H3. The highest BCUT2D eigenvalue weighted by Gasteiger charge is 2.32. The van der Waals surface area contributed by atoms with Crippen molar-refractivity contribution in [2.75, 3.05) is 18.8 Å². The Morgan fingerprint density at radius 1 is 1.25 bits per heavy atom. The van der Waals surface area contributed by atoms with Crippen LogP contribution in [0, 0.1) is 19.8 Å². The molecule has 0 amide bonds. The van der Waals surface area contributed by atoms with Crippen LogP contribution in [-0.2, 0) is 10.0 Å². The molecule has 2 N–H and O–H groups in total. The van der Waals surface area contributed by atoms with E-state index in [4.69, 9.17) is 5.73 Å². The summed E-state index contributed by atoms with van der Waals surface area (Å²) >= 11 is 0. The number of nitrogen functional groups attached to an aromatic ring is 1. The Morgan fingerprint density at radius 2 is 1.85 bits per heavy atom. The molecule has 1 fully saturated rings. The van der Waals surface area contributed by atoms with E-state index in [1.807, 2.05) is 20.8 Å². The van der Waals surface area contributed by atoms with E-state index in [1.54, 1.807) is 16.4 Å². The summed E-state index contributed by atoms with van der Waals surface area (Å²) in [6.07, 6.45) is 3.09. The topological polar surface area (TPSA) is 63.4 Å². The minimum atomic E-state index is -3.48.